The number of anilines is 1. The smallest absolute Gasteiger partial charge is 0.257 e. The second kappa shape index (κ2) is 8.01. The number of pyridine rings is 1. The maximum absolute atomic E-state index is 12.5. The maximum atomic E-state index is 12.5. The molecule has 25 heavy (non-hydrogen) atoms. The van der Waals surface area contributed by atoms with Crippen LogP contribution in [0.1, 0.15) is 21.5 Å². The van der Waals surface area contributed by atoms with E-state index in [0.717, 1.165) is 11.1 Å². The summed E-state index contributed by atoms with van der Waals surface area (Å²) >= 11 is 0. The van der Waals surface area contributed by atoms with E-state index in [9.17, 15) is 4.79 Å². The third-order valence-corrected chi connectivity index (χ3v) is 3.71. The highest BCUT2D eigenvalue weighted by atomic mass is 16.2. The van der Waals surface area contributed by atoms with E-state index in [1.807, 2.05) is 42.5 Å². The number of nitrogens with zero attached hydrogens (tertiary/aromatic N) is 4. The number of carbonyl (C=O) groups is 1. The average molecular weight is 333 g/mol. The number of aromatic nitrogens is 3. The van der Waals surface area contributed by atoms with Crippen LogP contribution in [0.25, 0.3) is 0 Å². The third kappa shape index (κ3) is 4.60. The molecule has 0 bridgehead atoms. The maximum Gasteiger partial charge on any atom is 0.257 e. The molecule has 1 aromatic carbocycles. The molecule has 2 aromatic heterocycles. The lowest BCUT2D eigenvalue weighted by molar-refractivity contribution is 0.0784. The van der Waals surface area contributed by atoms with Crippen LogP contribution in [0.4, 0.5) is 5.95 Å². The average Bonchev–Trinajstić information content (AvgIpc) is 2.68. The zero-order valence-electron chi connectivity index (χ0n) is 14.0. The van der Waals surface area contributed by atoms with Crippen LogP contribution in [0.3, 0.4) is 0 Å². The van der Waals surface area contributed by atoms with Crippen molar-refractivity contribution in [1.82, 2.24) is 19.9 Å². The Hall–Kier alpha value is -3.28. The molecule has 126 valence electrons. The van der Waals surface area contributed by atoms with Gasteiger partial charge in [-0.1, -0.05) is 30.3 Å². The summed E-state index contributed by atoms with van der Waals surface area (Å²) in [7, 11) is 1.77. The molecule has 1 amide bonds. The van der Waals surface area contributed by atoms with E-state index in [2.05, 4.69) is 20.3 Å². The monoisotopic (exact) mass is 333 g/mol. The van der Waals surface area contributed by atoms with Crippen molar-refractivity contribution in [3.8, 4) is 0 Å². The van der Waals surface area contributed by atoms with Gasteiger partial charge in [0, 0.05) is 44.9 Å². The standard InChI is InChI=1S/C19H19N5O/c1-24(14-16-5-3-2-4-6-16)18(25)17-12-22-19(23-13-17)21-11-15-7-9-20-10-8-15/h2-10,12-13H,11,14H2,1H3,(H,21,22,23). The van der Waals surface area contributed by atoms with Gasteiger partial charge in [0.15, 0.2) is 0 Å². The molecule has 0 aliphatic rings. The van der Waals surface area contributed by atoms with Gasteiger partial charge in [0.1, 0.15) is 0 Å². The number of nitrogens with one attached hydrogen (secondary N) is 1. The molecular formula is C19H19N5O. The Balaban J connectivity index is 1.58. The van der Waals surface area contributed by atoms with Gasteiger partial charge in [-0.3, -0.25) is 9.78 Å². The summed E-state index contributed by atoms with van der Waals surface area (Å²) in [6.45, 7) is 1.14. The second-order valence-electron chi connectivity index (χ2n) is 5.65. The number of rotatable bonds is 6. The zero-order chi connectivity index (χ0) is 17.5. The van der Waals surface area contributed by atoms with E-state index < -0.39 is 0 Å². The Bertz CT molecular complexity index is 806. The first kappa shape index (κ1) is 16.6. The lowest BCUT2D eigenvalue weighted by atomic mass is 10.2. The number of hydrogen-bond acceptors (Lipinski definition) is 5. The minimum Gasteiger partial charge on any atom is -0.350 e. The van der Waals surface area contributed by atoms with Gasteiger partial charge in [0.05, 0.1) is 5.56 Å². The van der Waals surface area contributed by atoms with Crippen molar-refractivity contribution in [2.75, 3.05) is 12.4 Å². The van der Waals surface area contributed by atoms with Crippen molar-refractivity contribution in [1.29, 1.82) is 0 Å². The summed E-state index contributed by atoms with van der Waals surface area (Å²) in [5.41, 5.74) is 2.63. The molecule has 0 saturated heterocycles. The highest BCUT2D eigenvalue weighted by Gasteiger charge is 2.13. The van der Waals surface area contributed by atoms with Gasteiger partial charge in [-0.15, -0.1) is 0 Å². The van der Waals surface area contributed by atoms with Gasteiger partial charge in [0.25, 0.3) is 5.91 Å². The summed E-state index contributed by atoms with van der Waals surface area (Å²) in [5.74, 6) is 0.378. The van der Waals surface area contributed by atoms with Crippen molar-refractivity contribution in [2.24, 2.45) is 0 Å². The third-order valence-electron chi connectivity index (χ3n) is 3.71. The van der Waals surface area contributed by atoms with Crippen LogP contribution in [-0.2, 0) is 13.1 Å². The van der Waals surface area contributed by atoms with Crippen LogP contribution in [-0.4, -0.2) is 32.8 Å². The fourth-order valence-corrected chi connectivity index (χ4v) is 2.36. The molecule has 0 spiro atoms. The first-order valence-electron chi connectivity index (χ1n) is 7.96. The van der Waals surface area contributed by atoms with Crippen LogP contribution in [0.5, 0.6) is 0 Å². The van der Waals surface area contributed by atoms with Gasteiger partial charge in [-0.2, -0.15) is 0 Å². The Kier molecular flexibility index (Phi) is 5.31. The minimum absolute atomic E-state index is 0.107. The van der Waals surface area contributed by atoms with Gasteiger partial charge in [-0.25, -0.2) is 9.97 Å². The molecule has 0 radical (unpaired) electrons. The van der Waals surface area contributed by atoms with Crippen LogP contribution in [0.2, 0.25) is 0 Å². The lowest BCUT2D eigenvalue weighted by Crippen LogP contribution is -2.26. The fraction of sp³-hybridized carbons (Fsp3) is 0.158. The van der Waals surface area contributed by atoms with Crippen LogP contribution in [0, 0.1) is 0 Å². The highest BCUT2D eigenvalue weighted by Crippen LogP contribution is 2.09. The SMILES string of the molecule is CN(Cc1ccccc1)C(=O)c1cnc(NCc2ccncc2)nc1. The van der Waals surface area contributed by atoms with Crippen molar-refractivity contribution < 1.29 is 4.79 Å². The molecule has 0 atom stereocenters. The van der Waals surface area contributed by atoms with E-state index >= 15 is 0 Å². The molecule has 6 heteroatoms. The van der Waals surface area contributed by atoms with Gasteiger partial charge < -0.3 is 10.2 Å². The van der Waals surface area contributed by atoms with Crippen LogP contribution >= 0.6 is 0 Å². The molecule has 0 aliphatic heterocycles. The molecule has 0 unspecified atom stereocenters. The van der Waals surface area contributed by atoms with E-state index in [1.54, 1.807) is 36.7 Å². The van der Waals surface area contributed by atoms with Crippen molar-refractivity contribution in [3.63, 3.8) is 0 Å². The normalized spacial score (nSPS) is 10.3. The Morgan fingerprint density at radius 3 is 2.36 bits per heavy atom. The second-order valence-corrected chi connectivity index (χ2v) is 5.65. The highest BCUT2D eigenvalue weighted by molar-refractivity contribution is 5.93. The Labute approximate surface area is 146 Å². The quantitative estimate of drug-likeness (QED) is 0.751. The largest absolute Gasteiger partial charge is 0.350 e. The number of benzene rings is 1. The van der Waals surface area contributed by atoms with Gasteiger partial charge in [-0.05, 0) is 23.3 Å². The first-order chi connectivity index (χ1) is 12.2. The number of amides is 1. The van der Waals surface area contributed by atoms with E-state index in [4.69, 9.17) is 0 Å². The summed E-state index contributed by atoms with van der Waals surface area (Å²) < 4.78 is 0. The zero-order valence-corrected chi connectivity index (χ0v) is 14.0. The molecule has 0 aliphatic carbocycles. The molecular weight excluding hydrogens is 314 g/mol. The molecule has 6 nitrogen and oxygen atoms in total. The van der Waals surface area contributed by atoms with Crippen molar-refractivity contribution in [2.45, 2.75) is 13.1 Å². The summed E-state index contributed by atoms with van der Waals surface area (Å²) in [5, 5.41) is 3.12. The van der Waals surface area contributed by atoms with Crippen molar-refractivity contribution in [3.05, 3.63) is 83.9 Å². The number of hydrogen-bond donors (Lipinski definition) is 1. The first-order valence-corrected chi connectivity index (χ1v) is 7.96. The van der Waals surface area contributed by atoms with E-state index in [0.29, 0.717) is 24.6 Å². The van der Waals surface area contributed by atoms with Gasteiger partial charge in [0.2, 0.25) is 5.95 Å². The molecule has 3 aromatic rings. The van der Waals surface area contributed by atoms with Gasteiger partial charge >= 0.3 is 0 Å². The summed E-state index contributed by atoms with van der Waals surface area (Å²) in [4.78, 5) is 26.5. The summed E-state index contributed by atoms with van der Waals surface area (Å²) in [6.07, 6.45) is 6.57. The molecule has 3 rings (SSSR count). The molecule has 2 heterocycles. The molecule has 1 N–H and O–H groups in total. The molecule has 0 fully saturated rings. The topological polar surface area (TPSA) is 71.0 Å². The predicted octanol–water partition coefficient (Wildman–Crippen LogP) is 2.76. The minimum atomic E-state index is -0.107. The Morgan fingerprint density at radius 1 is 1.00 bits per heavy atom. The van der Waals surface area contributed by atoms with E-state index in [-0.39, 0.29) is 5.91 Å². The molecule has 0 saturated carbocycles. The van der Waals surface area contributed by atoms with Crippen LogP contribution in [0.15, 0.2) is 67.3 Å². The van der Waals surface area contributed by atoms with Crippen LogP contribution < -0.4 is 5.32 Å². The lowest BCUT2D eigenvalue weighted by Gasteiger charge is -2.17. The number of carbonyl (C=O) groups excluding carboxylic acids is 1. The summed E-state index contributed by atoms with van der Waals surface area (Å²) in [6, 6.07) is 13.7. The Morgan fingerprint density at radius 2 is 1.68 bits per heavy atom. The van der Waals surface area contributed by atoms with Crippen molar-refractivity contribution >= 4 is 11.9 Å². The fourth-order valence-electron chi connectivity index (χ4n) is 2.36. The predicted molar refractivity (Wildman–Crippen MR) is 95.8 cm³/mol. The van der Waals surface area contributed by atoms with E-state index in [1.165, 1.54) is 0 Å².